The molecule has 0 atom stereocenters. The average Bonchev–Trinajstić information content (AvgIpc) is 2.77. The Kier molecular flexibility index (Phi) is 8.13. The van der Waals surface area contributed by atoms with Gasteiger partial charge in [0.25, 0.3) is 0 Å². The second-order valence-corrected chi connectivity index (χ2v) is 7.75. The van der Waals surface area contributed by atoms with Crippen molar-refractivity contribution in [3.8, 4) is 22.5 Å². The molecular formula is C26H30N2O2. The molecule has 0 amide bonds. The molecule has 0 fully saturated rings. The Balaban J connectivity index is 1.53. The lowest BCUT2D eigenvalue weighted by atomic mass is 10.0. The van der Waals surface area contributed by atoms with E-state index in [2.05, 4.69) is 65.4 Å². The zero-order valence-corrected chi connectivity index (χ0v) is 17.7. The van der Waals surface area contributed by atoms with Crippen molar-refractivity contribution in [3.05, 3.63) is 72.1 Å². The average molecular weight is 403 g/mol. The maximum absolute atomic E-state index is 10.5. The third kappa shape index (κ3) is 6.51. The van der Waals surface area contributed by atoms with Crippen molar-refractivity contribution in [2.45, 2.75) is 58.3 Å². The summed E-state index contributed by atoms with van der Waals surface area (Å²) in [5, 5.41) is 8.66. The molecule has 0 aliphatic heterocycles. The summed E-state index contributed by atoms with van der Waals surface area (Å²) in [5.41, 5.74) is 5.83. The van der Waals surface area contributed by atoms with Gasteiger partial charge in [-0.2, -0.15) is 0 Å². The van der Waals surface area contributed by atoms with Crippen molar-refractivity contribution in [3.63, 3.8) is 0 Å². The van der Waals surface area contributed by atoms with Crippen LogP contribution in [0.2, 0.25) is 0 Å². The summed E-state index contributed by atoms with van der Waals surface area (Å²) in [4.78, 5) is 19.6. The molecule has 30 heavy (non-hydrogen) atoms. The van der Waals surface area contributed by atoms with Gasteiger partial charge in [0, 0.05) is 29.9 Å². The summed E-state index contributed by atoms with van der Waals surface area (Å²) < 4.78 is 0. The number of carboxylic acids is 1. The number of aromatic nitrogens is 2. The number of rotatable bonds is 11. The van der Waals surface area contributed by atoms with Crippen LogP contribution in [-0.4, -0.2) is 21.0 Å². The maximum Gasteiger partial charge on any atom is 0.303 e. The van der Waals surface area contributed by atoms with E-state index in [0.717, 1.165) is 67.5 Å². The normalized spacial score (nSPS) is 10.8. The smallest absolute Gasteiger partial charge is 0.303 e. The number of aliphatic carboxylic acids is 1. The highest BCUT2D eigenvalue weighted by atomic mass is 16.4. The van der Waals surface area contributed by atoms with E-state index in [9.17, 15) is 4.79 Å². The lowest BCUT2D eigenvalue weighted by molar-refractivity contribution is -0.137. The number of aryl methyl sites for hydroxylation is 2. The number of benzene rings is 2. The van der Waals surface area contributed by atoms with E-state index in [1.165, 1.54) is 11.1 Å². The molecule has 0 saturated heterocycles. The predicted molar refractivity (Wildman–Crippen MR) is 121 cm³/mol. The van der Waals surface area contributed by atoms with Crippen LogP contribution in [0.5, 0.6) is 0 Å². The van der Waals surface area contributed by atoms with E-state index in [1.54, 1.807) is 0 Å². The molecule has 0 saturated carbocycles. The summed E-state index contributed by atoms with van der Waals surface area (Å²) in [5.74, 6) is 0.0498. The van der Waals surface area contributed by atoms with Crippen LogP contribution in [0.15, 0.2) is 60.9 Å². The van der Waals surface area contributed by atoms with Crippen LogP contribution in [0.3, 0.4) is 0 Å². The van der Waals surface area contributed by atoms with E-state index >= 15 is 0 Å². The number of hydrogen-bond acceptors (Lipinski definition) is 3. The van der Waals surface area contributed by atoms with Crippen LogP contribution in [0.4, 0.5) is 0 Å². The fourth-order valence-corrected chi connectivity index (χ4v) is 3.56. The van der Waals surface area contributed by atoms with Gasteiger partial charge in [-0.3, -0.25) is 4.79 Å². The predicted octanol–water partition coefficient (Wildman–Crippen LogP) is 6.34. The molecule has 1 heterocycles. The van der Waals surface area contributed by atoms with Gasteiger partial charge >= 0.3 is 5.97 Å². The SMILES string of the molecule is CCCc1ccc(-c2ncc(-c3ccc(CCCCCCC(=O)O)cc3)cn2)cc1. The Morgan fingerprint density at radius 2 is 1.30 bits per heavy atom. The Bertz CT molecular complexity index is 917. The molecule has 0 aliphatic carbocycles. The molecule has 3 rings (SSSR count). The molecular weight excluding hydrogens is 372 g/mol. The Morgan fingerprint density at radius 3 is 1.90 bits per heavy atom. The van der Waals surface area contributed by atoms with Crippen LogP contribution in [0.25, 0.3) is 22.5 Å². The molecule has 0 radical (unpaired) electrons. The van der Waals surface area contributed by atoms with Crippen molar-refractivity contribution < 1.29 is 9.90 Å². The van der Waals surface area contributed by atoms with Gasteiger partial charge in [-0.05, 0) is 42.4 Å². The molecule has 0 unspecified atom stereocenters. The first-order valence-corrected chi connectivity index (χ1v) is 10.9. The van der Waals surface area contributed by atoms with Crippen LogP contribution in [0, 0.1) is 0 Å². The van der Waals surface area contributed by atoms with Crippen molar-refractivity contribution in [2.75, 3.05) is 0 Å². The van der Waals surface area contributed by atoms with Crippen molar-refractivity contribution in [2.24, 2.45) is 0 Å². The Hall–Kier alpha value is -3.01. The Morgan fingerprint density at radius 1 is 0.733 bits per heavy atom. The Labute approximate surface area is 179 Å². The van der Waals surface area contributed by atoms with Crippen molar-refractivity contribution >= 4 is 5.97 Å². The largest absolute Gasteiger partial charge is 0.481 e. The van der Waals surface area contributed by atoms with Gasteiger partial charge in [0.15, 0.2) is 5.82 Å². The first-order chi connectivity index (χ1) is 14.7. The van der Waals surface area contributed by atoms with E-state index in [0.29, 0.717) is 0 Å². The van der Waals surface area contributed by atoms with Crippen molar-refractivity contribution in [1.29, 1.82) is 0 Å². The zero-order chi connectivity index (χ0) is 21.2. The van der Waals surface area contributed by atoms with Gasteiger partial charge in [0.05, 0.1) is 0 Å². The van der Waals surface area contributed by atoms with Gasteiger partial charge in [0.1, 0.15) is 0 Å². The number of nitrogens with zero attached hydrogens (tertiary/aromatic N) is 2. The minimum Gasteiger partial charge on any atom is -0.481 e. The third-order valence-corrected chi connectivity index (χ3v) is 5.30. The summed E-state index contributed by atoms with van der Waals surface area (Å²) in [6.07, 6.45) is 11.2. The van der Waals surface area contributed by atoms with E-state index in [-0.39, 0.29) is 6.42 Å². The highest BCUT2D eigenvalue weighted by molar-refractivity contribution is 5.66. The van der Waals surface area contributed by atoms with Crippen molar-refractivity contribution in [1.82, 2.24) is 9.97 Å². The second kappa shape index (κ2) is 11.2. The molecule has 1 N–H and O–H groups in total. The quantitative estimate of drug-likeness (QED) is 0.380. The fraction of sp³-hybridized carbons (Fsp3) is 0.346. The third-order valence-electron chi connectivity index (χ3n) is 5.30. The highest BCUT2D eigenvalue weighted by Crippen LogP contribution is 2.22. The zero-order valence-electron chi connectivity index (χ0n) is 17.7. The molecule has 1 aromatic heterocycles. The molecule has 2 aromatic carbocycles. The number of carbonyl (C=O) groups is 1. The number of hydrogen-bond donors (Lipinski definition) is 1. The summed E-state index contributed by atoms with van der Waals surface area (Å²) in [6.45, 7) is 2.19. The van der Waals surface area contributed by atoms with E-state index in [1.807, 2.05) is 12.4 Å². The minimum atomic E-state index is -0.701. The van der Waals surface area contributed by atoms with Gasteiger partial charge in [-0.1, -0.05) is 74.7 Å². The van der Waals surface area contributed by atoms with E-state index < -0.39 is 5.97 Å². The lowest BCUT2D eigenvalue weighted by Crippen LogP contribution is -1.94. The maximum atomic E-state index is 10.5. The second-order valence-electron chi connectivity index (χ2n) is 7.75. The van der Waals surface area contributed by atoms with Gasteiger partial charge in [-0.15, -0.1) is 0 Å². The van der Waals surface area contributed by atoms with Crippen LogP contribution in [0.1, 0.15) is 56.6 Å². The van der Waals surface area contributed by atoms with Crippen LogP contribution >= 0.6 is 0 Å². The molecule has 0 spiro atoms. The van der Waals surface area contributed by atoms with Gasteiger partial charge < -0.3 is 5.11 Å². The van der Waals surface area contributed by atoms with Gasteiger partial charge in [0.2, 0.25) is 0 Å². The molecule has 0 aliphatic rings. The van der Waals surface area contributed by atoms with Crippen LogP contribution in [-0.2, 0) is 17.6 Å². The summed E-state index contributed by atoms with van der Waals surface area (Å²) in [6, 6.07) is 17.1. The molecule has 156 valence electrons. The highest BCUT2D eigenvalue weighted by Gasteiger charge is 2.04. The lowest BCUT2D eigenvalue weighted by Gasteiger charge is -2.06. The standard InChI is InChI=1S/C26H30N2O2/c1-2-7-20-12-16-23(17-13-20)26-27-18-24(19-28-26)22-14-10-21(11-15-22)8-5-3-4-6-9-25(29)30/h10-19H,2-9H2,1H3,(H,29,30). The van der Waals surface area contributed by atoms with E-state index in [4.69, 9.17) is 5.11 Å². The number of unbranched alkanes of at least 4 members (excludes halogenated alkanes) is 3. The van der Waals surface area contributed by atoms with Crippen LogP contribution < -0.4 is 0 Å². The first-order valence-electron chi connectivity index (χ1n) is 10.9. The summed E-state index contributed by atoms with van der Waals surface area (Å²) in [7, 11) is 0. The van der Waals surface area contributed by atoms with Gasteiger partial charge in [-0.25, -0.2) is 9.97 Å². The number of carboxylic acid groups (broad SMARTS) is 1. The molecule has 4 nitrogen and oxygen atoms in total. The molecule has 0 bridgehead atoms. The minimum absolute atomic E-state index is 0.278. The first kappa shape index (κ1) is 21.7. The monoisotopic (exact) mass is 402 g/mol. The molecule has 3 aromatic rings. The topological polar surface area (TPSA) is 63.1 Å². The molecule has 4 heteroatoms. The fourth-order valence-electron chi connectivity index (χ4n) is 3.56. The summed E-state index contributed by atoms with van der Waals surface area (Å²) >= 11 is 0.